The number of pyridine rings is 1. The fraction of sp³-hybridized carbons (Fsp3) is 0.143. The molecule has 0 aliphatic carbocycles. The lowest BCUT2D eigenvalue weighted by Gasteiger charge is -2.15. The Labute approximate surface area is 124 Å². The molecule has 7 heteroatoms. The Morgan fingerprint density at radius 3 is 2.57 bits per heavy atom. The molecule has 2 aromatic rings. The molecule has 0 amide bonds. The van der Waals surface area contributed by atoms with Crippen LogP contribution >= 0.6 is 11.6 Å². The lowest BCUT2D eigenvalue weighted by Crippen LogP contribution is -2.10. The summed E-state index contributed by atoms with van der Waals surface area (Å²) in [6, 6.07) is 8.35. The Morgan fingerprint density at radius 2 is 1.95 bits per heavy atom. The van der Waals surface area contributed by atoms with E-state index in [9.17, 15) is 13.2 Å². The summed E-state index contributed by atoms with van der Waals surface area (Å²) in [6.45, 7) is 1.68. The molecule has 0 atom stereocenters. The highest BCUT2D eigenvalue weighted by Gasteiger charge is 2.34. The maximum absolute atomic E-state index is 13.0. The average Bonchev–Trinajstić information content (AvgIpc) is 2.40. The topological polar surface area (TPSA) is 48.7 Å². The van der Waals surface area contributed by atoms with E-state index in [-0.39, 0.29) is 22.1 Å². The number of halogens is 4. The van der Waals surface area contributed by atoms with Crippen molar-refractivity contribution in [2.75, 3.05) is 5.32 Å². The van der Waals surface area contributed by atoms with Crippen molar-refractivity contribution in [2.24, 2.45) is 0 Å². The number of anilines is 2. The van der Waals surface area contributed by atoms with Crippen LogP contribution < -0.4 is 5.32 Å². The van der Waals surface area contributed by atoms with Crippen LogP contribution in [-0.2, 0) is 6.18 Å². The molecule has 0 bridgehead atoms. The van der Waals surface area contributed by atoms with Crippen molar-refractivity contribution < 1.29 is 13.2 Å². The molecule has 1 aromatic heterocycles. The van der Waals surface area contributed by atoms with E-state index in [2.05, 4.69) is 10.3 Å². The minimum Gasteiger partial charge on any atom is -0.339 e. The van der Waals surface area contributed by atoms with Crippen molar-refractivity contribution in [1.29, 1.82) is 5.26 Å². The van der Waals surface area contributed by atoms with Gasteiger partial charge in [0.1, 0.15) is 11.9 Å². The summed E-state index contributed by atoms with van der Waals surface area (Å²) in [5.74, 6) is 0.0744. The first kappa shape index (κ1) is 15.1. The van der Waals surface area contributed by atoms with Gasteiger partial charge >= 0.3 is 6.18 Å². The van der Waals surface area contributed by atoms with Crippen LogP contribution in [0.4, 0.5) is 24.7 Å². The summed E-state index contributed by atoms with van der Waals surface area (Å²) >= 11 is 5.61. The maximum atomic E-state index is 13.0. The normalized spacial score (nSPS) is 11.0. The fourth-order valence-corrected chi connectivity index (χ4v) is 1.90. The monoisotopic (exact) mass is 311 g/mol. The summed E-state index contributed by atoms with van der Waals surface area (Å²) in [7, 11) is 0. The van der Waals surface area contributed by atoms with E-state index in [0.717, 1.165) is 6.07 Å². The highest BCUT2D eigenvalue weighted by atomic mass is 35.5. The number of benzene rings is 1. The van der Waals surface area contributed by atoms with Crippen molar-refractivity contribution in [1.82, 2.24) is 4.98 Å². The first-order chi connectivity index (χ1) is 9.81. The van der Waals surface area contributed by atoms with Gasteiger partial charge in [0.2, 0.25) is 0 Å². The third-order valence-corrected chi connectivity index (χ3v) is 2.93. The Kier molecular flexibility index (Phi) is 4.05. The Hall–Kier alpha value is -2.26. The van der Waals surface area contributed by atoms with E-state index in [1.165, 1.54) is 18.2 Å². The molecule has 0 aliphatic rings. The minimum absolute atomic E-state index is 0.0226. The lowest BCUT2D eigenvalue weighted by molar-refractivity contribution is -0.136. The Morgan fingerprint density at radius 1 is 1.24 bits per heavy atom. The molecule has 21 heavy (non-hydrogen) atoms. The summed E-state index contributed by atoms with van der Waals surface area (Å²) in [5.41, 5.74) is -0.383. The molecule has 0 aliphatic heterocycles. The number of hydrogen-bond acceptors (Lipinski definition) is 3. The van der Waals surface area contributed by atoms with E-state index >= 15 is 0 Å². The van der Waals surface area contributed by atoms with Crippen LogP contribution in [0.1, 0.15) is 16.8 Å². The zero-order chi connectivity index (χ0) is 15.6. The first-order valence-electron chi connectivity index (χ1n) is 5.83. The van der Waals surface area contributed by atoms with Gasteiger partial charge in [-0.15, -0.1) is 0 Å². The summed E-state index contributed by atoms with van der Waals surface area (Å²) in [6.07, 6.45) is -4.57. The molecular formula is C14H9ClF3N3. The summed E-state index contributed by atoms with van der Waals surface area (Å²) < 4.78 is 39.0. The number of hydrogen-bond donors (Lipinski definition) is 1. The van der Waals surface area contributed by atoms with E-state index in [4.69, 9.17) is 16.9 Å². The molecule has 0 unspecified atom stereocenters. The van der Waals surface area contributed by atoms with Crippen molar-refractivity contribution in [2.45, 2.75) is 13.1 Å². The third kappa shape index (κ3) is 3.44. The molecule has 2 rings (SSSR count). The maximum Gasteiger partial charge on any atom is 0.418 e. The average molecular weight is 312 g/mol. The highest BCUT2D eigenvalue weighted by Crippen LogP contribution is 2.37. The largest absolute Gasteiger partial charge is 0.418 e. The fourth-order valence-electron chi connectivity index (χ4n) is 1.73. The molecule has 1 N–H and O–H groups in total. The van der Waals surface area contributed by atoms with Crippen LogP contribution in [0.25, 0.3) is 0 Å². The van der Waals surface area contributed by atoms with Gasteiger partial charge in [-0.05, 0) is 37.3 Å². The highest BCUT2D eigenvalue weighted by molar-refractivity contribution is 6.30. The molecule has 1 heterocycles. The van der Waals surface area contributed by atoms with Crippen LogP contribution in [0.2, 0.25) is 5.02 Å². The zero-order valence-electron chi connectivity index (χ0n) is 10.8. The van der Waals surface area contributed by atoms with Crippen LogP contribution in [0, 0.1) is 18.3 Å². The van der Waals surface area contributed by atoms with Gasteiger partial charge in [0, 0.05) is 10.7 Å². The smallest absolute Gasteiger partial charge is 0.339 e. The van der Waals surface area contributed by atoms with Gasteiger partial charge in [-0.1, -0.05) is 11.6 Å². The Balaban J connectivity index is 2.50. The van der Waals surface area contributed by atoms with Crippen molar-refractivity contribution in [3.8, 4) is 6.07 Å². The van der Waals surface area contributed by atoms with Crippen molar-refractivity contribution in [3.63, 3.8) is 0 Å². The SMILES string of the molecule is Cc1ccc(C#N)c(Nc2ccc(Cl)cc2C(F)(F)F)n1. The second kappa shape index (κ2) is 5.62. The molecule has 0 spiro atoms. The van der Waals surface area contributed by atoms with Gasteiger partial charge in [0.15, 0.2) is 0 Å². The van der Waals surface area contributed by atoms with Crippen molar-refractivity contribution >= 4 is 23.1 Å². The van der Waals surface area contributed by atoms with Gasteiger partial charge in [-0.3, -0.25) is 0 Å². The van der Waals surface area contributed by atoms with Crippen molar-refractivity contribution in [3.05, 3.63) is 52.2 Å². The van der Waals surface area contributed by atoms with E-state index < -0.39 is 11.7 Å². The van der Waals surface area contributed by atoms with E-state index in [0.29, 0.717) is 5.69 Å². The molecule has 1 aromatic carbocycles. The van der Waals surface area contributed by atoms with Gasteiger partial charge in [0.25, 0.3) is 0 Å². The van der Waals surface area contributed by atoms with Gasteiger partial charge in [-0.25, -0.2) is 4.98 Å². The molecule has 108 valence electrons. The number of aryl methyl sites for hydroxylation is 1. The van der Waals surface area contributed by atoms with Crippen LogP contribution in [0.5, 0.6) is 0 Å². The first-order valence-corrected chi connectivity index (χ1v) is 6.20. The quantitative estimate of drug-likeness (QED) is 0.876. The number of alkyl halides is 3. The third-order valence-electron chi connectivity index (χ3n) is 2.70. The van der Waals surface area contributed by atoms with Crippen LogP contribution in [0.15, 0.2) is 30.3 Å². The number of nitrogens with zero attached hydrogens (tertiary/aromatic N) is 2. The standard InChI is InChI=1S/C14H9ClF3N3/c1-8-2-3-9(7-19)13(20-8)21-12-5-4-10(15)6-11(12)14(16,17)18/h2-6H,1H3,(H,20,21). The molecule has 0 radical (unpaired) electrons. The second-order valence-corrected chi connectivity index (χ2v) is 4.71. The van der Waals surface area contributed by atoms with Crippen LogP contribution in [0.3, 0.4) is 0 Å². The van der Waals surface area contributed by atoms with Gasteiger partial charge in [-0.2, -0.15) is 18.4 Å². The number of rotatable bonds is 2. The predicted molar refractivity (Wildman–Crippen MR) is 73.4 cm³/mol. The molecular weight excluding hydrogens is 303 g/mol. The van der Waals surface area contributed by atoms with E-state index in [1.54, 1.807) is 13.0 Å². The minimum atomic E-state index is -4.57. The number of nitriles is 1. The predicted octanol–water partition coefficient (Wildman–Crippen LogP) is 4.68. The van der Waals surface area contributed by atoms with E-state index in [1.807, 2.05) is 6.07 Å². The van der Waals surface area contributed by atoms with Gasteiger partial charge < -0.3 is 5.32 Å². The van der Waals surface area contributed by atoms with Crippen LogP contribution in [-0.4, -0.2) is 4.98 Å². The lowest BCUT2D eigenvalue weighted by atomic mass is 10.1. The number of nitrogens with one attached hydrogen (secondary N) is 1. The summed E-state index contributed by atoms with van der Waals surface area (Å²) in [5, 5.41) is 11.5. The second-order valence-electron chi connectivity index (χ2n) is 4.27. The zero-order valence-corrected chi connectivity index (χ0v) is 11.5. The molecule has 0 fully saturated rings. The van der Waals surface area contributed by atoms with Gasteiger partial charge in [0.05, 0.1) is 16.8 Å². The number of aromatic nitrogens is 1. The Bertz CT molecular complexity index is 720. The summed E-state index contributed by atoms with van der Waals surface area (Å²) in [4.78, 5) is 4.05. The molecule has 3 nitrogen and oxygen atoms in total. The molecule has 0 saturated heterocycles. The molecule has 0 saturated carbocycles.